The molecule has 1 aromatic carbocycles. The van der Waals surface area contributed by atoms with E-state index in [2.05, 4.69) is 10.1 Å². The van der Waals surface area contributed by atoms with E-state index in [1.807, 2.05) is 36.4 Å². The second kappa shape index (κ2) is 5.31. The molecular formula is C19H14N4O2. The van der Waals surface area contributed by atoms with Gasteiger partial charge in [0.2, 0.25) is 0 Å². The van der Waals surface area contributed by atoms with Crippen LogP contribution < -0.4 is 10.3 Å². The lowest BCUT2D eigenvalue weighted by atomic mass is 10.1. The molecule has 4 heterocycles. The average molecular weight is 330 g/mol. The van der Waals surface area contributed by atoms with Gasteiger partial charge in [0.05, 0.1) is 23.6 Å². The van der Waals surface area contributed by atoms with E-state index in [1.54, 1.807) is 18.5 Å². The Balaban J connectivity index is 1.71. The highest BCUT2D eigenvalue weighted by molar-refractivity contribution is 5.76. The number of fused-ring (bicyclic) bond motifs is 2. The average Bonchev–Trinajstić information content (AvgIpc) is 3.28. The molecule has 1 aliphatic heterocycles. The Bertz CT molecular complexity index is 1150. The Hall–Kier alpha value is -3.41. The molecule has 0 bridgehead atoms. The molecule has 0 saturated carbocycles. The lowest BCUT2D eigenvalue weighted by Crippen LogP contribution is -2.14. The lowest BCUT2D eigenvalue weighted by Gasteiger charge is -2.05. The third-order valence-corrected chi connectivity index (χ3v) is 4.42. The molecule has 3 aromatic heterocycles. The van der Waals surface area contributed by atoms with Crippen molar-refractivity contribution in [3.05, 3.63) is 70.8 Å². The molecule has 0 saturated heterocycles. The molecule has 5 rings (SSSR count). The second-order valence-corrected chi connectivity index (χ2v) is 5.96. The summed E-state index contributed by atoms with van der Waals surface area (Å²) in [5.41, 5.74) is 4.69. The first-order chi connectivity index (χ1) is 12.3. The minimum absolute atomic E-state index is 0.154. The summed E-state index contributed by atoms with van der Waals surface area (Å²) in [4.78, 5) is 21.6. The summed E-state index contributed by atoms with van der Waals surface area (Å²) in [7, 11) is 0. The maximum Gasteiger partial charge on any atom is 0.273 e. The van der Waals surface area contributed by atoms with Gasteiger partial charge in [0, 0.05) is 30.4 Å². The number of pyridine rings is 1. The van der Waals surface area contributed by atoms with Crippen molar-refractivity contribution in [3.63, 3.8) is 0 Å². The van der Waals surface area contributed by atoms with Crippen molar-refractivity contribution in [3.8, 4) is 28.3 Å². The number of hydrogen-bond acceptors (Lipinski definition) is 4. The Morgan fingerprint density at radius 1 is 1.12 bits per heavy atom. The number of aromatic nitrogens is 4. The van der Waals surface area contributed by atoms with Crippen LogP contribution in [0.25, 0.3) is 28.2 Å². The zero-order valence-electron chi connectivity index (χ0n) is 13.3. The fraction of sp³-hybridized carbons (Fsp3) is 0.105. The fourth-order valence-corrected chi connectivity index (χ4v) is 3.19. The minimum Gasteiger partial charge on any atom is -0.493 e. The third-order valence-electron chi connectivity index (χ3n) is 4.42. The van der Waals surface area contributed by atoms with Crippen molar-refractivity contribution >= 4 is 5.65 Å². The van der Waals surface area contributed by atoms with Gasteiger partial charge in [0.25, 0.3) is 5.56 Å². The van der Waals surface area contributed by atoms with Crippen LogP contribution in [0.15, 0.2) is 59.7 Å². The maximum atomic E-state index is 12.5. The molecule has 0 radical (unpaired) electrons. The number of nitrogens with one attached hydrogen (secondary N) is 1. The highest BCUT2D eigenvalue weighted by Crippen LogP contribution is 2.30. The quantitative estimate of drug-likeness (QED) is 0.613. The van der Waals surface area contributed by atoms with E-state index in [-0.39, 0.29) is 5.56 Å². The van der Waals surface area contributed by atoms with Crippen LogP contribution in [0.2, 0.25) is 0 Å². The predicted octanol–water partition coefficient (Wildman–Crippen LogP) is 2.69. The molecule has 0 spiro atoms. The van der Waals surface area contributed by atoms with Gasteiger partial charge in [-0.25, -0.2) is 9.50 Å². The van der Waals surface area contributed by atoms with Crippen molar-refractivity contribution in [2.24, 2.45) is 0 Å². The molecule has 0 amide bonds. The zero-order chi connectivity index (χ0) is 16.8. The van der Waals surface area contributed by atoms with Gasteiger partial charge >= 0.3 is 0 Å². The topological polar surface area (TPSA) is 72.3 Å². The standard InChI is InChI=1S/C19H14N4O2/c24-18-10-16(12-4-5-17-13(9-12)6-8-25-17)22-19-14(11-21-23(18)19)15-3-1-2-7-20-15/h1-5,7,9-11,21H,6,8H2. The molecule has 0 fully saturated rings. The summed E-state index contributed by atoms with van der Waals surface area (Å²) in [5, 5.41) is 2.96. The van der Waals surface area contributed by atoms with E-state index in [9.17, 15) is 4.79 Å². The number of aromatic amines is 1. The van der Waals surface area contributed by atoms with Crippen molar-refractivity contribution < 1.29 is 4.74 Å². The second-order valence-electron chi connectivity index (χ2n) is 5.96. The van der Waals surface area contributed by atoms with Crippen LogP contribution in [-0.4, -0.2) is 26.2 Å². The molecule has 6 heteroatoms. The summed E-state index contributed by atoms with van der Waals surface area (Å²) in [6.07, 6.45) is 4.36. The van der Waals surface area contributed by atoms with Gasteiger partial charge in [-0.05, 0) is 35.9 Å². The van der Waals surface area contributed by atoms with Crippen LogP contribution >= 0.6 is 0 Å². The molecule has 25 heavy (non-hydrogen) atoms. The van der Waals surface area contributed by atoms with Gasteiger partial charge in [-0.2, -0.15) is 0 Å². The molecule has 6 nitrogen and oxygen atoms in total. The molecule has 0 atom stereocenters. The maximum absolute atomic E-state index is 12.5. The zero-order valence-corrected chi connectivity index (χ0v) is 13.3. The number of benzene rings is 1. The van der Waals surface area contributed by atoms with Gasteiger partial charge in [-0.3, -0.25) is 14.9 Å². The first-order valence-electron chi connectivity index (χ1n) is 8.08. The fourth-order valence-electron chi connectivity index (χ4n) is 3.19. The van der Waals surface area contributed by atoms with Gasteiger partial charge in [0.1, 0.15) is 5.75 Å². The smallest absolute Gasteiger partial charge is 0.273 e. The van der Waals surface area contributed by atoms with Gasteiger partial charge in [0.15, 0.2) is 5.65 Å². The Morgan fingerprint density at radius 2 is 2.08 bits per heavy atom. The Kier molecular flexibility index (Phi) is 2.97. The van der Waals surface area contributed by atoms with Crippen LogP contribution in [0, 0.1) is 0 Å². The summed E-state index contributed by atoms with van der Waals surface area (Å²) in [6, 6.07) is 13.1. The van der Waals surface area contributed by atoms with Crippen LogP contribution in [0.4, 0.5) is 0 Å². The SMILES string of the molecule is O=c1cc(-c2ccc3c(c2)CCO3)nc2c(-c3ccccn3)c[nH]n12. The van der Waals surface area contributed by atoms with E-state index in [0.29, 0.717) is 17.9 Å². The third kappa shape index (κ3) is 2.22. The minimum atomic E-state index is -0.154. The first-order valence-corrected chi connectivity index (χ1v) is 8.08. The number of rotatable bonds is 2. The molecule has 122 valence electrons. The number of nitrogens with zero attached hydrogens (tertiary/aromatic N) is 3. The van der Waals surface area contributed by atoms with Gasteiger partial charge in [-0.15, -0.1) is 0 Å². The number of ether oxygens (including phenoxy) is 1. The molecule has 1 aliphatic rings. The van der Waals surface area contributed by atoms with Crippen LogP contribution in [-0.2, 0) is 6.42 Å². The van der Waals surface area contributed by atoms with Crippen molar-refractivity contribution in [2.75, 3.05) is 6.61 Å². The van der Waals surface area contributed by atoms with E-state index in [1.165, 1.54) is 4.52 Å². The van der Waals surface area contributed by atoms with E-state index in [4.69, 9.17) is 9.72 Å². The van der Waals surface area contributed by atoms with E-state index >= 15 is 0 Å². The molecule has 4 aromatic rings. The predicted molar refractivity (Wildman–Crippen MR) is 93.7 cm³/mol. The highest BCUT2D eigenvalue weighted by Gasteiger charge is 2.16. The van der Waals surface area contributed by atoms with E-state index < -0.39 is 0 Å². The first kappa shape index (κ1) is 14.0. The Morgan fingerprint density at radius 3 is 2.96 bits per heavy atom. The van der Waals surface area contributed by atoms with Crippen molar-refractivity contribution in [1.29, 1.82) is 0 Å². The van der Waals surface area contributed by atoms with Crippen molar-refractivity contribution in [1.82, 2.24) is 19.6 Å². The van der Waals surface area contributed by atoms with Crippen LogP contribution in [0.5, 0.6) is 5.75 Å². The molecule has 0 unspecified atom stereocenters. The van der Waals surface area contributed by atoms with Crippen LogP contribution in [0.3, 0.4) is 0 Å². The normalized spacial score (nSPS) is 13.0. The van der Waals surface area contributed by atoms with Crippen LogP contribution in [0.1, 0.15) is 5.56 Å². The number of hydrogen-bond donors (Lipinski definition) is 1. The van der Waals surface area contributed by atoms with E-state index in [0.717, 1.165) is 34.6 Å². The molecule has 0 aliphatic carbocycles. The molecular weight excluding hydrogens is 316 g/mol. The monoisotopic (exact) mass is 330 g/mol. The summed E-state index contributed by atoms with van der Waals surface area (Å²) in [6.45, 7) is 0.704. The summed E-state index contributed by atoms with van der Waals surface area (Å²) < 4.78 is 6.98. The highest BCUT2D eigenvalue weighted by atomic mass is 16.5. The lowest BCUT2D eigenvalue weighted by molar-refractivity contribution is 0.357. The molecule has 1 N–H and O–H groups in total. The largest absolute Gasteiger partial charge is 0.493 e. The van der Waals surface area contributed by atoms with Gasteiger partial charge < -0.3 is 4.74 Å². The summed E-state index contributed by atoms with van der Waals surface area (Å²) >= 11 is 0. The number of H-pyrrole nitrogens is 1. The summed E-state index contributed by atoms with van der Waals surface area (Å²) in [5.74, 6) is 0.914. The Labute approximate surface area is 142 Å². The van der Waals surface area contributed by atoms with Gasteiger partial charge in [-0.1, -0.05) is 6.07 Å². The van der Waals surface area contributed by atoms with Crippen molar-refractivity contribution in [2.45, 2.75) is 6.42 Å².